The topological polar surface area (TPSA) is 24.4 Å². The Labute approximate surface area is 301 Å². The molecule has 0 aromatic heterocycles. The van der Waals surface area contributed by atoms with Gasteiger partial charge in [0.25, 0.3) is 0 Å². The van der Waals surface area contributed by atoms with Crippen molar-refractivity contribution in [2.24, 2.45) is 10.9 Å². The van der Waals surface area contributed by atoms with Gasteiger partial charge in [0, 0.05) is 34.8 Å². The fraction of sp³-hybridized carbons (Fsp3) is 0.229. The quantitative estimate of drug-likeness (QED) is 0.168. The maximum Gasteiger partial charge on any atom is 0.0629 e. The maximum atomic E-state index is 4.27. The molecule has 3 unspecified atom stereocenters. The van der Waals surface area contributed by atoms with Gasteiger partial charge >= 0.3 is 0 Å². The lowest BCUT2D eigenvalue weighted by molar-refractivity contribution is 0.629. The Morgan fingerprint density at radius 3 is 2.08 bits per heavy atom. The lowest BCUT2D eigenvalue weighted by Gasteiger charge is -2.30. The number of aliphatic imine (C=N–C) groups is 1. The molecule has 1 N–H and O–H groups in total. The molecule has 3 aliphatic rings. The summed E-state index contributed by atoms with van der Waals surface area (Å²) in [6.07, 6.45) is 14.4. The molecule has 0 spiro atoms. The summed E-state index contributed by atoms with van der Waals surface area (Å²) < 4.78 is 0. The average Bonchev–Trinajstić information content (AvgIpc) is 3.48. The van der Waals surface area contributed by atoms with Gasteiger partial charge in [-0.15, -0.1) is 0 Å². The highest BCUT2D eigenvalue weighted by atomic mass is 14.9. The van der Waals surface area contributed by atoms with Crippen LogP contribution < -0.4 is 5.32 Å². The minimum atomic E-state index is 0.432. The van der Waals surface area contributed by atoms with Crippen LogP contribution >= 0.6 is 0 Å². The van der Waals surface area contributed by atoms with Crippen molar-refractivity contribution in [2.75, 3.05) is 5.32 Å². The van der Waals surface area contributed by atoms with Gasteiger partial charge in [-0.1, -0.05) is 140 Å². The zero-order chi connectivity index (χ0) is 35.8. The van der Waals surface area contributed by atoms with Crippen molar-refractivity contribution in [3.63, 3.8) is 0 Å². The fourth-order valence-electron chi connectivity index (χ4n) is 7.21. The second-order valence-corrected chi connectivity index (χ2v) is 13.9. The first-order valence-electron chi connectivity index (χ1n) is 17.7. The molecule has 7 rings (SSSR count). The number of benzene rings is 4. The van der Waals surface area contributed by atoms with Crippen LogP contribution in [0.1, 0.15) is 79.3 Å². The highest BCUT2D eigenvalue weighted by Gasteiger charge is 2.31. The van der Waals surface area contributed by atoms with Crippen molar-refractivity contribution in [1.82, 2.24) is 0 Å². The second-order valence-electron chi connectivity index (χ2n) is 13.9. The van der Waals surface area contributed by atoms with E-state index in [1.54, 1.807) is 0 Å². The first-order valence-corrected chi connectivity index (χ1v) is 17.7. The summed E-state index contributed by atoms with van der Waals surface area (Å²) in [6.45, 7) is 22.9. The molecular weight excluding hydrogens is 605 g/mol. The van der Waals surface area contributed by atoms with E-state index in [9.17, 15) is 0 Å². The summed E-state index contributed by atoms with van der Waals surface area (Å²) in [5, 5.41) is 3.60. The molecule has 4 aromatic carbocycles. The third kappa shape index (κ3) is 8.32. The molecule has 1 aliphatic heterocycles. The maximum absolute atomic E-state index is 4.27. The number of hydrogen-bond donors (Lipinski definition) is 1. The third-order valence-electron chi connectivity index (χ3n) is 9.74. The van der Waals surface area contributed by atoms with Crippen LogP contribution in [-0.4, -0.2) is 5.71 Å². The summed E-state index contributed by atoms with van der Waals surface area (Å²) >= 11 is 0. The normalized spacial score (nSPS) is 18.0. The van der Waals surface area contributed by atoms with E-state index in [0.717, 1.165) is 23.4 Å². The monoisotopic (exact) mass is 656 g/mol. The molecule has 0 fully saturated rings. The summed E-state index contributed by atoms with van der Waals surface area (Å²) in [5.74, 6) is 1.37. The van der Waals surface area contributed by atoms with Crippen molar-refractivity contribution >= 4 is 17.1 Å². The van der Waals surface area contributed by atoms with Crippen molar-refractivity contribution in [2.45, 2.75) is 66.7 Å². The Morgan fingerprint density at radius 2 is 1.40 bits per heavy atom. The first-order chi connectivity index (χ1) is 24.1. The molecule has 2 nitrogen and oxygen atoms in total. The zero-order valence-electron chi connectivity index (χ0n) is 30.9. The van der Waals surface area contributed by atoms with Gasteiger partial charge in [0.05, 0.1) is 5.70 Å². The van der Waals surface area contributed by atoms with Gasteiger partial charge in [0.15, 0.2) is 0 Å². The predicted octanol–water partition coefficient (Wildman–Crippen LogP) is 13.2. The Bertz CT molecular complexity index is 2010. The Kier molecular flexibility index (Phi) is 11.9. The molecule has 0 bridgehead atoms. The molecule has 4 aromatic rings. The lowest BCUT2D eigenvalue weighted by Crippen LogP contribution is -2.16. The van der Waals surface area contributed by atoms with Crippen molar-refractivity contribution in [1.29, 1.82) is 0 Å². The van der Waals surface area contributed by atoms with E-state index >= 15 is 0 Å². The first kappa shape index (κ1) is 36.1. The standard InChI is InChI=1S/C20H19N.C17H20.C11H13N/c1-13-7-3-4-8-15(13)19-14(2)11-12-18-20(19)16-9-5-6-10-17(16)21-18;1-12(2)15-11-7-9-14(4)17(15)16-10-6-5-8-13(16)3;1-9(2)12-10(3)11-7-5-4-6-8-11/h3-8,10-12,16,21H,9H2,1-2H3;5-11,15,17H,1H2,2-4H3;4-8H,3H2,1-2H3. The van der Waals surface area contributed by atoms with Crippen LogP contribution in [0.5, 0.6) is 0 Å². The number of nitrogens with zero attached hydrogens (tertiary/aromatic N) is 1. The van der Waals surface area contributed by atoms with Gasteiger partial charge in [0.2, 0.25) is 0 Å². The molecule has 0 saturated carbocycles. The van der Waals surface area contributed by atoms with Crippen LogP contribution in [0.2, 0.25) is 0 Å². The molecule has 2 aliphatic carbocycles. The predicted molar refractivity (Wildman–Crippen MR) is 219 cm³/mol. The number of rotatable bonds is 5. The number of fused-ring (bicyclic) bond motifs is 3. The zero-order valence-corrected chi connectivity index (χ0v) is 30.9. The minimum absolute atomic E-state index is 0.432. The molecular formula is C48H52N2. The number of hydrogen-bond acceptors (Lipinski definition) is 2. The Morgan fingerprint density at radius 1 is 0.720 bits per heavy atom. The fourth-order valence-corrected chi connectivity index (χ4v) is 7.21. The van der Waals surface area contributed by atoms with Gasteiger partial charge < -0.3 is 5.32 Å². The highest BCUT2D eigenvalue weighted by Crippen LogP contribution is 2.48. The van der Waals surface area contributed by atoms with Crippen molar-refractivity contribution < 1.29 is 0 Å². The summed E-state index contributed by atoms with van der Waals surface area (Å²) in [5.41, 5.74) is 18.0. The van der Waals surface area contributed by atoms with E-state index in [1.165, 1.54) is 61.5 Å². The van der Waals surface area contributed by atoms with Gasteiger partial charge in [-0.3, -0.25) is 4.99 Å². The summed E-state index contributed by atoms with van der Waals surface area (Å²) in [6, 6.07) is 31.8. The summed E-state index contributed by atoms with van der Waals surface area (Å²) in [4.78, 5) is 4.27. The highest BCUT2D eigenvalue weighted by molar-refractivity contribution is 5.85. The van der Waals surface area contributed by atoms with E-state index in [-0.39, 0.29) is 0 Å². The second kappa shape index (κ2) is 16.5. The third-order valence-corrected chi connectivity index (χ3v) is 9.74. The average molecular weight is 657 g/mol. The molecule has 0 saturated heterocycles. The molecule has 0 amide bonds. The number of nitrogens with one attached hydrogen (secondary N) is 1. The van der Waals surface area contributed by atoms with E-state index in [0.29, 0.717) is 17.8 Å². The van der Waals surface area contributed by atoms with Crippen LogP contribution in [0.3, 0.4) is 0 Å². The van der Waals surface area contributed by atoms with E-state index in [1.807, 2.05) is 44.2 Å². The van der Waals surface area contributed by atoms with Crippen LogP contribution in [0.15, 0.2) is 162 Å². The van der Waals surface area contributed by atoms with Gasteiger partial charge in [-0.25, -0.2) is 0 Å². The van der Waals surface area contributed by atoms with Crippen molar-refractivity contribution in [3.05, 3.63) is 191 Å². The molecule has 50 heavy (non-hydrogen) atoms. The molecule has 3 atom stereocenters. The lowest BCUT2D eigenvalue weighted by atomic mass is 9.74. The van der Waals surface area contributed by atoms with E-state index in [2.05, 4.69) is 155 Å². The smallest absolute Gasteiger partial charge is 0.0629 e. The summed E-state index contributed by atoms with van der Waals surface area (Å²) in [7, 11) is 0. The molecule has 254 valence electrons. The van der Waals surface area contributed by atoms with Crippen LogP contribution in [0, 0.1) is 26.7 Å². The number of allylic oxidation sites excluding steroid dienone is 9. The van der Waals surface area contributed by atoms with E-state index < -0.39 is 0 Å². The van der Waals surface area contributed by atoms with Crippen molar-refractivity contribution in [3.8, 4) is 11.1 Å². The minimum Gasteiger partial charge on any atom is -0.358 e. The van der Waals surface area contributed by atoms with Crippen LogP contribution in [0.4, 0.5) is 5.69 Å². The van der Waals surface area contributed by atoms with E-state index in [4.69, 9.17) is 0 Å². The van der Waals surface area contributed by atoms with Crippen LogP contribution in [-0.2, 0) is 0 Å². The van der Waals surface area contributed by atoms with Gasteiger partial charge in [0.1, 0.15) is 0 Å². The van der Waals surface area contributed by atoms with Gasteiger partial charge in [-0.05, 0) is 112 Å². The molecule has 2 heteroatoms. The van der Waals surface area contributed by atoms with Crippen LogP contribution in [0.25, 0.3) is 16.8 Å². The number of aryl methyl sites for hydroxylation is 3. The van der Waals surface area contributed by atoms with Gasteiger partial charge in [-0.2, -0.15) is 0 Å². The Balaban J connectivity index is 0.000000152. The SMILES string of the molecule is C=C(C)C1C=CC=C(C)C1c1ccccc1C.C=C(N=C(C)C)c1ccccc1.Cc1ccccc1-c1c(C)ccc2c1C1CC=CC=C1N2. The largest absolute Gasteiger partial charge is 0.358 e. The molecule has 1 heterocycles. The molecule has 0 radical (unpaired) electrons. The number of anilines is 1. The Hall–Kier alpha value is -5.21.